The van der Waals surface area contributed by atoms with E-state index in [1.54, 1.807) is 0 Å². The van der Waals surface area contributed by atoms with Gasteiger partial charge in [0.2, 0.25) is 0 Å². The van der Waals surface area contributed by atoms with Crippen LogP contribution in [0.5, 0.6) is 0 Å². The molecule has 1 heterocycles. The third-order valence-electron chi connectivity index (χ3n) is 12.1. The molecule has 4 N–H and O–H groups in total. The quantitative estimate of drug-likeness (QED) is 0.0197. The number of hydrogen-bond donors (Lipinski definition) is 4. The van der Waals surface area contributed by atoms with Crippen molar-refractivity contribution in [1.29, 1.82) is 0 Å². The topological polar surface area (TPSA) is 178 Å². The third kappa shape index (κ3) is 35.7. The molecule has 0 aromatic rings. The van der Waals surface area contributed by atoms with Gasteiger partial charge in [-0.05, 0) is 32.1 Å². The van der Waals surface area contributed by atoms with Gasteiger partial charge in [-0.2, -0.15) is 8.42 Å². The Labute approximate surface area is 385 Å². The van der Waals surface area contributed by atoms with Crippen molar-refractivity contribution < 1.29 is 56.2 Å². The van der Waals surface area contributed by atoms with Gasteiger partial charge >= 0.3 is 16.4 Å². The van der Waals surface area contributed by atoms with E-state index in [0.29, 0.717) is 13.0 Å². The lowest BCUT2D eigenvalue weighted by atomic mass is 9.99. The second-order valence-corrected chi connectivity index (χ2v) is 19.2. The van der Waals surface area contributed by atoms with Crippen LogP contribution in [0.3, 0.4) is 0 Å². The minimum atomic E-state index is -5.06. The Morgan fingerprint density at radius 2 is 1.02 bits per heavy atom. The van der Waals surface area contributed by atoms with Crippen molar-refractivity contribution in [2.24, 2.45) is 0 Å². The number of rotatable bonds is 46. The molecule has 0 aromatic carbocycles. The SMILES string of the molecule is CCCC/C=C\CCCCCCCC(=O)OC(COCCCCCCCCCCCCCCCCCCCCCCCCCCC)COC1OC(CO)C(O)C(OS(=O)(=O)O)C1O. The summed E-state index contributed by atoms with van der Waals surface area (Å²) in [6.07, 6.45) is 38.4. The van der Waals surface area contributed by atoms with Gasteiger partial charge in [0, 0.05) is 13.0 Å². The molecular weight excluding hydrogens is 825 g/mol. The van der Waals surface area contributed by atoms with Gasteiger partial charge in [0.1, 0.15) is 30.5 Å². The first-order chi connectivity index (χ1) is 30.6. The molecule has 12 nitrogen and oxygen atoms in total. The average molecular weight is 921 g/mol. The maximum Gasteiger partial charge on any atom is 0.397 e. The molecule has 1 rings (SSSR count). The highest BCUT2D eigenvalue weighted by atomic mass is 32.3. The minimum Gasteiger partial charge on any atom is -0.457 e. The van der Waals surface area contributed by atoms with E-state index in [2.05, 4.69) is 30.2 Å². The Balaban J connectivity index is 2.25. The minimum absolute atomic E-state index is 0.0384. The molecule has 1 aliphatic rings. The van der Waals surface area contributed by atoms with Gasteiger partial charge in [-0.15, -0.1) is 0 Å². The van der Waals surface area contributed by atoms with Crippen LogP contribution in [-0.2, 0) is 38.3 Å². The summed E-state index contributed by atoms with van der Waals surface area (Å²) >= 11 is 0. The zero-order chi connectivity index (χ0) is 46.1. The van der Waals surface area contributed by atoms with Crippen molar-refractivity contribution >= 4 is 16.4 Å². The van der Waals surface area contributed by atoms with Crippen molar-refractivity contribution in [2.45, 2.75) is 275 Å². The molecular formula is C50H96O12S. The Morgan fingerprint density at radius 3 is 1.48 bits per heavy atom. The number of allylic oxidation sites excluding steroid dienone is 2. The number of carbonyl (C=O) groups is 1. The fraction of sp³-hybridized carbons (Fsp3) is 0.940. The van der Waals surface area contributed by atoms with Crippen LogP contribution >= 0.6 is 0 Å². The smallest absolute Gasteiger partial charge is 0.397 e. The van der Waals surface area contributed by atoms with Crippen LogP contribution in [0.2, 0.25) is 0 Å². The second-order valence-electron chi connectivity index (χ2n) is 18.1. The van der Waals surface area contributed by atoms with Gasteiger partial charge in [0.05, 0.1) is 19.8 Å². The number of aliphatic hydroxyl groups excluding tert-OH is 3. The highest BCUT2D eigenvalue weighted by molar-refractivity contribution is 7.80. The van der Waals surface area contributed by atoms with E-state index < -0.39 is 59.8 Å². The van der Waals surface area contributed by atoms with E-state index in [-0.39, 0.29) is 19.6 Å². The lowest BCUT2D eigenvalue weighted by Crippen LogP contribution is -2.60. The molecule has 0 saturated carbocycles. The van der Waals surface area contributed by atoms with Gasteiger partial charge in [0.25, 0.3) is 0 Å². The lowest BCUT2D eigenvalue weighted by Gasteiger charge is -2.41. The Hall–Kier alpha value is -1.16. The largest absolute Gasteiger partial charge is 0.457 e. The molecule has 0 spiro atoms. The maximum atomic E-state index is 12.8. The Kier molecular flexibility index (Phi) is 40.1. The molecule has 0 aromatic heterocycles. The van der Waals surface area contributed by atoms with Crippen molar-refractivity contribution in [3.63, 3.8) is 0 Å². The third-order valence-corrected chi connectivity index (χ3v) is 12.6. The van der Waals surface area contributed by atoms with E-state index in [4.69, 9.17) is 23.5 Å². The standard InChI is InChI=1S/C50H96O12S/c1-3-5-7-9-11-13-15-16-17-18-19-20-21-22-23-24-25-26-27-28-30-32-34-36-38-40-58-42-44(60-46(52)39-37-35-33-31-29-14-12-10-8-6-4-2)43-59-50-48(54)49(62-63(55,56)57)47(53)45(41-51)61-50/h10,12,44-45,47-51,53-54H,3-9,11,13-43H2,1-2H3,(H,55,56,57)/b12-10-. The molecule has 13 heteroatoms. The maximum absolute atomic E-state index is 12.8. The van der Waals surface area contributed by atoms with Crippen LogP contribution in [-0.4, -0.2) is 97.5 Å². The van der Waals surface area contributed by atoms with Crippen molar-refractivity contribution in [2.75, 3.05) is 26.4 Å². The normalized spacial score (nSPS) is 19.9. The van der Waals surface area contributed by atoms with Gasteiger partial charge in [-0.25, -0.2) is 4.18 Å². The zero-order valence-corrected chi connectivity index (χ0v) is 41.0. The number of hydrogen-bond acceptors (Lipinski definition) is 11. The van der Waals surface area contributed by atoms with Crippen LogP contribution in [0.25, 0.3) is 0 Å². The average Bonchev–Trinajstić information content (AvgIpc) is 3.26. The van der Waals surface area contributed by atoms with Crippen LogP contribution in [0.15, 0.2) is 12.2 Å². The summed E-state index contributed by atoms with van der Waals surface area (Å²) < 4.78 is 59.1. The first-order valence-corrected chi connectivity index (χ1v) is 27.3. The van der Waals surface area contributed by atoms with Crippen LogP contribution < -0.4 is 0 Å². The second kappa shape index (κ2) is 42.2. The summed E-state index contributed by atoms with van der Waals surface area (Å²) in [6, 6.07) is 0. The van der Waals surface area contributed by atoms with E-state index in [1.807, 2.05) is 0 Å². The van der Waals surface area contributed by atoms with Crippen molar-refractivity contribution in [3.8, 4) is 0 Å². The number of ether oxygens (including phenoxy) is 4. The molecule has 6 atom stereocenters. The summed E-state index contributed by atoms with van der Waals surface area (Å²) in [6.45, 7) is 3.98. The molecule has 63 heavy (non-hydrogen) atoms. The fourth-order valence-corrected chi connectivity index (χ4v) is 8.69. The molecule has 374 valence electrons. The summed E-state index contributed by atoms with van der Waals surface area (Å²) in [5, 5.41) is 30.7. The van der Waals surface area contributed by atoms with Crippen LogP contribution in [0.4, 0.5) is 0 Å². The fourth-order valence-electron chi connectivity index (χ4n) is 8.19. The number of aliphatic hydroxyl groups is 3. The predicted octanol–water partition coefficient (Wildman–Crippen LogP) is 11.8. The van der Waals surface area contributed by atoms with Crippen LogP contribution in [0, 0.1) is 0 Å². The van der Waals surface area contributed by atoms with E-state index in [9.17, 15) is 28.5 Å². The summed E-state index contributed by atoms with van der Waals surface area (Å²) in [5.74, 6) is -0.405. The van der Waals surface area contributed by atoms with Crippen molar-refractivity contribution in [1.82, 2.24) is 0 Å². The van der Waals surface area contributed by atoms with Gasteiger partial charge in [0.15, 0.2) is 6.29 Å². The molecule has 0 aliphatic carbocycles. The molecule has 1 aliphatic heterocycles. The van der Waals surface area contributed by atoms with Gasteiger partial charge in [-0.1, -0.05) is 212 Å². The molecule has 0 bridgehead atoms. The molecule has 0 amide bonds. The first kappa shape index (κ1) is 59.9. The van der Waals surface area contributed by atoms with E-state index >= 15 is 0 Å². The highest BCUT2D eigenvalue weighted by Gasteiger charge is 2.48. The number of esters is 1. The molecule has 6 unspecified atom stereocenters. The number of carbonyl (C=O) groups excluding carboxylic acids is 1. The summed E-state index contributed by atoms with van der Waals surface area (Å²) in [7, 11) is -5.06. The molecule has 1 fully saturated rings. The van der Waals surface area contributed by atoms with Gasteiger partial charge < -0.3 is 34.3 Å². The first-order valence-electron chi connectivity index (χ1n) is 25.9. The Bertz CT molecular complexity index is 1150. The van der Waals surface area contributed by atoms with Gasteiger partial charge in [-0.3, -0.25) is 9.35 Å². The monoisotopic (exact) mass is 921 g/mol. The zero-order valence-electron chi connectivity index (χ0n) is 40.2. The molecule has 0 radical (unpaired) electrons. The predicted molar refractivity (Wildman–Crippen MR) is 253 cm³/mol. The lowest BCUT2D eigenvalue weighted by molar-refractivity contribution is -0.301. The van der Waals surface area contributed by atoms with E-state index in [0.717, 1.165) is 57.8 Å². The highest BCUT2D eigenvalue weighted by Crippen LogP contribution is 2.26. The summed E-state index contributed by atoms with van der Waals surface area (Å²) in [4.78, 5) is 12.8. The Morgan fingerprint density at radius 1 is 0.587 bits per heavy atom. The summed E-state index contributed by atoms with van der Waals surface area (Å²) in [5.41, 5.74) is 0. The number of unbranched alkanes of at least 4 members (excludes halogenated alkanes) is 31. The van der Waals surface area contributed by atoms with E-state index in [1.165, 1.54) is 154 Å². The molecule has 1 saturated heterocycles. The van der Waals surface area contributed by atoms with Crippen molar-refractivity contribution in [3.05, 3.63) is 12.2 Å². The van der Waals surface area contributed by atoms with Crippen LogP contribution in [0.1, 0.15) is 239 Å².